The molecule has 2 aromatic carbocycles. The number of rotatable bonds is 7. The van der Waals surface area contributed by atoms with Gasteiger partial charge in [-0.3, -0.25) is 4.79 Å². The monoisotopic (exact) mass is 515 g/mol. The summed E-state index contributed by atoms with van der Waals surface area (Å²) in [5, 5.41) is 5.73. The fourth-order valence-corrected chi connectivity index (χ4v) is 5.42. The van der Waals surface area contributed by atoms with Crippen LogP contribution in [0, 0.1) is 25.2 Å². The Kier molecular flexibility index (Phi) is 11.9. The zero-order valence-corrected chi connectivity index (χ0v) is 23.5. The highest BCUT2D eigenvalue weighted by Gasteiger charge is 2.16. The lowest BCUT2D eigenvalue weighted by Crippen LogP contribution is -2.37. The number of hydrogen-bond acceptors (Lipinski definition) is 3. The summed E-state index contributed by atoms with van der Waals surface area (Å²) in [6.07, 6.45) is 15.8. The summed E-state index contributed by atoms with van der Waals surface area (Å²) in [5.41, 5.74) is 4.70. The van der Waals surface area contributed by atoms with Gasteiger partial charge in [0.1, 0.15) is 0 Å². The molecule has 4 rings (SSSR count). The Hall–Kier alpha value is -3.10. The number of carbonyl (C=O) groups excluding carboxylic acids is 2. The molecule has 0 aromatic heterocycles. The molecule has 2 aliphatic rings. The average molecular weight is 516 g/mol. The number of benzene rings is 2. The maximum absolute atomic E-state index is 12.0. The first-order valence-electron chi connectivity index (χ1n) is 14.3. The molecule has 1 aliphatic heterocycles. The second-order valence-electron chi connectivity index (χ2n) is 11.0. The fraction of sp³-hybridized carbons (Fsp3) is 0.515. The van der Waals surface area contributed by atoms with Crippen LogP contribution in [0.5, 0.6) is 0 Å². The lowest BCUT2D eigenvalue weighted by atomic mass is 9.84. The first kappa shape index (κ1) is 29.5. The van der Waals surface area contributed by atoms with Gasteiger partial charge in [0.05, 0.1) is 0 Å². The molecule has 1 unspecified atom stereocenters. The number of terminal acetylenes is 1. The molecule has 1 heterocycles. The van der Waals surface area contributed by atoms with Crippen molar-refractivity contribution in [3.63, 3.8) is 0 Å². The van der Waals surface area contributed by atoms with Gasteiger partial charge in [0.2, 0.25) is 0 Å². The summed E-state index contributed by atoms with van der Waals surface area (Å²) in [5.74, 6) is 4.22. The standard InChI is InChI=1S/C19H29N3O2.C14H16/c1-14-6-4-10-22(13-14)11-5-9-20-19(24)21-18-12-17(16(3)23)8-7-15(18)2;1-2-12-8-10-14(11-9-12)13-6-4-3-5-7-13/h7-8,12,14H,4-6,9-11,13H2,1-3H3,(H2,20,21,24);1,8-11,13H,3-7H2. The van der Waals surface area contributed by atoms with E-state index in [0.717, 1.165) is 35.9 Å². The number of nitrogens with one attached hydrogen (secondary N) is 2. The smallest absolute Gasteiger partial charge is 0.319 e. The van der Waals surface area contributed by atoms with Gasteiger partial charge in [0, 0.05) is 29.9 Å². The molecular formula is C33H45N3O2. The van der Waals surface area contributed by atoms with Crippen LogP contribution < -0.4 is 10.6 Å². The third-order valence-electron chi connectivity index (χ3n) is 7.72. The molecule has 204 valence electrons. The molecule has 1 saturated heterocycles. The summed E-state index contributed by atoms with van der Waals surface area (Å²) in [6.45, 7) is 9.77. The first-order chi connectivity index (χ1) is 18.4. The molecule has 1 aliphatic carbocycles. The molecule has 0 radical (unpaired) electrons. The minimum Gasteiger partial charge on any atom is -0.338 e. The highest BCUT2D eigenvalue weighted by Crippen LogP contribution is 2.32. The van der Waals surface area contributed by atoms with Crippen molar-refractivity contribution in [2.24, 2.45) is 5.92 Å². The molecule has 2 amide bonds. The molecule has 0 bridgehead atoms. The van der Waals surface area contributed by atoms with E-state index in [0.29, 0.717) is 17.8 Å². The van der Waals surface area contributed by atoms with E-state index in [4.69, 9.17) is 6.42 Å². The number of ketones is 1. The Balaban J connectivity index is 0.000000241. The van der Waals surface area contributed by atoms with Gasteiger partial charge in [0.15, 0.2) is 5.78 Å². The maximum atomic E-state index is 12.0. The topological polar surface area (TPSA) is 61.4 Å². The molecule has 1 saturated carbocycles. The van der Waals surface area contributed by atoms with Gasteiger partial charge < -0.3 is 15.5 Å². The Bertz CT molecular complexity index is 1080. The number of Topliss-reactive ketones (excluding diaryl/α,β-unsaturated/α-hetero) is 1. The molecule has 5 nitrogen and oxygen atoms in total. The van der Waals surface area contributed by atoms with Crippen molar-refractivity contribution in [3.05, 3.63) is 64.7 Å². The molecule has 0 spiro atoms. The van der Waals surface area contributed by atoms with Crippen molar-refractivity contribution in [3.8, 4) is 12.3 Å². The SMILES string of the molecule is C#Cc1ccc(C2CCCCC2)cc1.CC(=O)c1ccc(C)c(NC(=O)NCCCN2CCCC(C)C2)c1. The lowest BCUT2D eigenvalue weighted by molar-refractivity contribution is 0.101. The number of nitrogens with zero attached hydrogens (tertiary/aromatic N) is 1. The van der Waals surface area contributed by atoms with Crippen molar-refractivity contribution in [1.29, 1.82) is 0 Å². The molecule has 2 N–H and O–H groups in total. The van der Waals surface area contributed by atoms with Crippen LogP contribution in [0.3, 0.4) is 0 Å². The maximum Gasteiger partial charge on any atom is 0.319 e. The van der Waals surface area contributed by atoms with E-state index in [2.05, 4.69) is 52.6 Å². The number of anilines is 1. The van der Waals surface area contributed by atoms with Crippen LogP contribution >= 0.6 is 0 Å². The number of piperidine rings is 1. The Labute approximate surface area is 229 Å². The summed E-state index contributed by atoms with van der Waals surface area (Å²) in [7, 11) is 0. The van der Waals surface area contributed by atoms with Crippen molar-refractivity contribution >= 4 is 17.5 Å². The average Bonchev–Trinajstić information content (AvgIpc) is 2.93. The Morgan fingerprint density at radius 2 is 1.76 bits per heavy atom. The van der Waals surface area contributed by atoms with Crippen molar-refractivity contribution in [1.82, 2.24) is 10.2 Å². The van der Waals surface area contributed by atoms with E-state index >= 15 is 0 Å². The molecule has 2 aromatic rings. The van der Waals surface area contributed by atoms with E-state index in [1.807, 2.05) is 13.0 Å². The van der Waals surface area contributed by atoms with Gasteiger partial charge >= 0.3 is 6.03 Å². The van der Waals surface area contributed by atoms with Gasteiger partial charge in [-0.2, -0.15) is 0 Å². The van der Waals surface area contributed by atoms with Gasteiger partial charge in [-0.05, 0) is 100 Å². The molecule has 5 heteroatoms. The van der Waals surface area contributed by atoms with Gasteiger partial charge in [-0.1, -0.05) is 56.4 Å². The van der Waals surface area contributed by atoms with Crippen LogP contribution in [0.4, 0.5) is 10.5 Å². The van der Waals surface area contributed by atoms with Crippen molar-refractivity contribution in [2.75, 3.05) is 31.5 Å². The van der Waals surface area contributed by atoms with Gasteiger partial charge in [-0.25, -0.2) is 4.79 Å². The minimum absolute atomic E-state index is 0.00535. The normalized spacial score (nSPS) is 18.0. The highest BCUT2D eigenvalue weighted by atomic mass is 16.2. The summed E-state index contributed by atoms with van der Waals surface area (Å²) in [4.78, 5) is 26.0. The van der Waals surface area contributed by atoms with Gasteiger partial charge in [0.25, 0.3) is 0 Å². The van der Waals surface area contributed by atoms with E-state index in [1.165, 1.54) is 70.5 Å². The summed E-state index contributed by atoms with van der Waals surface area (Å²) >= 11 is 0. The van der Waals surface area contributed by atoms with Crippen LogP contribution in [0.1, 0.15) is 98.2 Å². The van der Waals surface area contributed by atoms with Crippen molar-refractivity contribution in [2.45, 2.75) is 78.1 Å². The number of urea groups is 1. The van der Waals surface area contributed by atoms with Crippen LogP contribution in [-0.2, 0) is 0 Å². The fourth-order valence-electron chi connectivity index (χ4n) is 5.42. The van der Waals surface area contributed by atoms with E-state index < -0.39 is 0 Å². The number of hydrogen-bond donors (Lipinski definition) is 2. The van der Waals surface area contributed by atoms with Crippen LogP contribution in [0.15, 0.2) is 42.5 Å². The second-order valence-corrected chi connectivity index (χ2v) is 11.0. The summed E-state index contributed by atoms with van der Waals surface area (Å²) < 4.78 is 0. The Morgan fingerprint density at radius 1 is 1.03 bits per heavy atom. The largest absolute Gasteiger partial charge is 0.338 e. The highest BCUT2D eigenvalue weighted by molar-refractivity contribution is 5.97. The molecule has 1 atom stereocenters. The lowest BCUT2D eigenvalue weighted by Gasteiger charge is -2.30. The third kappa shape index (κ3) is 9.65. The van der Waals surface area contributed by atoms with Gasteiger partial charge in [-0.15, -0.1) is 6.42 Å². The molecule has 2 fully saturated rings. The predicted molar refractivity (Wildman–Crippen MR) is 158 cm³/mol. The van der Waals surface area contributed by atoms with Crippen LogP contribution in [0.2, 0.25) is 0 Å². The third-order valence-corrected chi connectivity index (χ3v) is 7.72. The summed E-state index contributed by atoms with van der Waals surface area (Å²) in [6, 6.07) is 13.7. The number of likely N-dealkylation sites (tertiary alicyclic amines) is 1. The zero-order chi connectivity index (χ0) is 27.3. The van der Waals surface area contributed by atoms with E-state index in [-0.39, 0.29) is 11.8 Å². The predicted octanol–water partition coefficient (Wildman–Crippen LogP) is 7.16. The quantitative estimate of drug-likeness (QED) is 0.234. The number of amides is 2. The van der Waals surface area contributed by atoms with E-state index in [9.17, 15) is 9.59 Å². The van der Waals surface area contributed by atoms with Crippen LogP contribution in [-0.4, -0.2) is 42.9 Å². The van der Waals surface area contributed by atoms with E-state index in [1.54, 1.807) is 12.1 Å². The zero-order valence-electron chi connectivity index (χ0n) is 23.5. The Morgan fingerprint density at radius 3 is 2.42 bits per heavy atom. The first-order valence-corrected chi connectivity index (χ1v) is 14.3. The number of carbonyl (C=O) groups is 2. The number of aryl methyl sites for hydroxylation is 1. The molecular weight excluding hydrogens is 470 g/mol. The van der Waals surface area contributed by atoms with Crippen molar-refractivity contribution < 1.29 is 9.59 Å². The van der Waals surface area contributed by atoms with Crippen LogP contribution in [0.25, 0.3) is 0 Å². The molecule has 38 heavy (non-hydrogen) atoms. The minimum atomic E-state index is -0.217. The second kappa shape index (κ2) is 15.3.